The van der Waals surface area contributed by atoms with Crippen LogP contribution in [0.15, 0.2) is 35.7 Å². The molecule has 0 bridgehead atoms. The predicted octanol–water partition coefficient (Wildman–Crippen LogP) is 6.91. The van der Waals surface area contributed by atoms with Crippen LogP contribution >= 0.6 is 11.3 Å². The van der Waals surface area contributed by atoms with E-state index >= 15 is 0 Å². The highest BCUT2D eigenvalue weighted by atomic mass is 32.1. The molecule has 1 aliphatic heterocycles. The minimum atomic E-state index is -0.0730. The van der Waals surface area contributed by atoms with Crippen molar-refractivity contribution in [2.24, 2.45) is 0 Å². The predicted molar refractivity (Wildman–Crippen MR) is 142 cm³/mol. The van der Waals surface area contributed by atoms with Gasteiger partial charge in [0.25, 0.3) is 0 Å². The Morgan fingerprint density at radius 2 is 1.79 bits per heavy atom. The number of carbonyl (C=O) groups excluding carboxylic acids is 2. The Morgan fingerprint density at radius 3 is 2.53 bits per heavy atom. The summed E-state index contributed by atoms with van der Waals surface area (Å²) in [5, 5.41) is 2.14. The number of hydrogen-bond acceptors (Lipinski definition) is 3. The molecule has 1 aromatic heterocycles. The van der Waals surface area contributed by atoms with Crippen molar-refractivity contribution in [1.82, 2.24) is 9.80 Å². The van der Waals surface area contributed by atoms with E-state index in [2.05, 4.69) is 57.3 Å². The van der Waals surface area contributed by atoms with Gasteiger partial charge in [-0.15, -0.1) is 11.3 Å². The van der Waals surface area contributed by atoms with Crippen LogP contribution in [0.3, 0.4) is 0 Å². The van der Waals surface area contributed by atoms with Crippen molar-refractivity contribution in [3.05, 3.63) is 57.3 Å². The van der Waals surface area contributed by atoms with Crippen molar-refractivity contribution in [2.75, 3.05) is 13.1 Å². The number of benzene rings is 1. The number of thiophene rings is 1. The summed E-state index contributed by atoms with van der Waals surface area (Å²) in [7, 11) is 0. The minimum Gasteiger partial charge on any atom is -0.331 e. The van der Waals surface area contributed by atoms with E-state index in [4.69, 9.17) is 0 Å². The average molecular weight is 483 g/mol. The fourth-order valence-electron chi connectivity index (χ4n) is 4.96. The van der Waals surface area contributed by atoms with Crippen LogP contribution in [0.25, 0.3) is 0 Å². The van der Waals surface area contributed by atoms with Crippen LogP contribution in [-0.4, -0.2) is 40.7 Å². The normalized spacial score (nSPS) is 16.2. The standard InChI is InChI=1S/C29H42N2O2S/c1-5-7-8-9-10-11-16-27(32)31(23(4)6-2)21-28(33)30-19-17-26-25(18-20-34-26)29(30)24-15-13-12-14-22(24)3/h12-15,18,20,23,29H,5-11,16-17,19,21H2,1-4H3. The molecule has 2 unspecified atom stereocenters. The molecule has 0 N–H and O–H groups in total. The van der Waals surface area contributed by atoms with Gasteiger partial charge in [-0.2, -0.15) is 0 Å². The molecule has 0 saturated carbocycles. The van der Waals surface area contributed by atoms with Crippen LogP contribution < -0.4 is 0 Å². The summed E-state index contributed by atoms with van der Waals surface area (Å²) in [5.41, 5.74) is 3.62. The highest BCUT2D eigenvalue weighted by molar-refractivity contribution is 7.10. The van der Waals surface area contributed by atoms with Gasteiger partial charge in [-0.1, -0.05) is 70.2 Å². The zero-order chi connectivity index (χ0) is 24.5. The molecule has 4 nitrogen and oxygen atoms in total. The highest BCUT2D eigenvalue weighted by Gasteiger charge is 2.35. The van der Waals surface area contributed by atoms with Gasteiger partial charge in [-0.25, -0.2) is 0 Å². The summed E-state index contributed by atoms with van der Waals surface area (Å²) in [6, 6.07) is 10.5. The lowest BCUT2D eigenvalue weighted by Gasteiger charge is -2.39. The monoisotopic (exact) mass is 482 g/mol. The molecule has 2 amide bonds. The molecular weight excluding hydrogens is 440 g/mol. The maximum absolute atomic E-state index is 13.7. The van der Waals surface area contributed by atoms with Gasteiger partial charge in [0.1, 0.15) is 6.54 Å². The van der Waals surface area contributed by atoms with Gasteiger partial charge >= 0.3 is 0 Å². The van der Waals surface area contributed by atoms with Crippen molar-refractivity contribution in [1.29, 1.82) is 0 Å². The summed E-state index contributed by atoms with van der Waals surface area (Å²) in [6.45, 7) is 9.37. The maximum Gasteiger partial charge on any atom is 0.243 e. The third kappa shape index (κ3) is 6.50. The SMILES string of the molecule is CCCCCCCCC(=O)N(CC(=O)N1CCc2sccc2C1c1ccccc1C)C(C)CC. The first-order valence-electron chi connectivity index (χ1n) is 13.2. The number of amides is 2. The van der Waals surface area contributed by atoms with Crippen LogP contribution in [0.4, 0.5) is 0 Å². The first-order chi connectivity index (χ1) is 16.5. The molecule has 3 rings (SSSR count). The van der Waals surface area contributed by atoms with E-state index in [-0.39, 0.29) is 30.4 Å². The van der Waals surface area contributed by atoms with E-state index in [1.54, 1.807) is 11.3 Å². The van der Waals surface area contributed by atoms with Crippen LogP contribution in [0.5, 0.6) is 0 Å². The number of rotatable bonds is 12. The van der Waals surface area contributed by atoms with Crippen molar-refractivity contribution in [2.45, 2.75) is 97.6 Å². The number of carbonyl (C=O) groups is 2. The molecule has 0 fully saturated rings. The zero-order valence-electron chi connectivity index (χ0n) is 21.5. The summed E-state index contributed by atoms with van der Waals surface area (Å²) in [6.07, 6.45) is 9.23. The Labute approximate surface area is 210 Å². The topological polar surface area (TPSA) is 40.6 Å². The van der Waals surface area contributed by atoms with E-state index in [9.17, 15) is 9.59 Å². The van der Waals surface area contributed by atoms with Crippen molar-refractivity contribution < 1.29 is 9.59 Å². The van der Waals surface area contributed by atoms with Crippen LogP contribution in [0.1, 0.15) is 99.7 Å². The molecule has 5 heteroatoms. The number of aryl methyl sites for hydroxylation is 1. The van der Waals surface area contributed by atoms with Crippen LogP contribution in [0.2, 0.25) is 0 Å². The first-order valence-corrected chi connectivity index (χ1v) is 14.1. The summed E-state index contributed by atoms with van der Waals surface area (Å²) in [5.74, 6) is 0.181. The fourth-order valence-corrected chi connectivity index (χ4v) is 5.86. The smallest absolute Gasteiger partial charge is 0.243 e. The Kier molecular flexibility index (Phi) is 10.2. The molecule has 0 spiro atoms. The lowest BCUT2D eigenvalue weighted by molar-refractivity contribution is -0.143. The Bertz CT molecular complexity index is 938. The Morgan fingerprint density at radius 1 is 1.06 bits per heavy atom. The molecule has 186 valence electrons. The largest absolute Gasteiger partial charge is 0.331 e. The second-order valence-corrected chi connectivity index (χ2v) is 10.7. The average Bonchev–Trinajstić information content (AvgIpc) is 3.33. The van der Waals surface area contributed by atoms with E-state index in [1.807, 2.05) is 15.9 Å². The second kappa shape index (κ2) is 13.1. The van der Waals surface area contributed by atoms with Gasteiger partial charge in [0.15, 0.2) is 0 Å². The number of fused-ring (bicyclic) bond motifs is 1. The van der Waals surface area contributed by atoms with E-state index in [1.165, 1.54) is 47.3 Å². The molecule has 34 heavy (non-hydrogen) atoms. The lowest BCUT2D eigenvalue weighted by Crippen LogP contribution is -2.49. The molecule has 0 saturated heterocycles. The number of unbranched alkanes of at least 4 members (excludes halogenated alkanes) is 5. The maximum atomic E-state index is 13.7. The van der Waals surface area contributed by atoms with E-state index in [0.29, 0.717) is 13.0 Å². The number of hydrogen-bond donors (Lipinski definition) is 0. The van der Waals surface area contributed by atoms with Crippen LogP contribution in [0, 0.1) is 6.92 Å². The van der Waals surface area contributed by atoms with Crippen LogP contribution in [-0.2, 0) is 16.0 Å². The summed E-state index contributed by atoms with van der Waals surface area (Å²) < 4.78 is 0. The third-order valence-electron chi connectivity index (χ3n) is 7.26. The molecule has 1 aromatic carbocycles. The fraction of sp³-hybridized carbons (Fsp3) is 0.586. The minimum absolute atomic E-state index is 0.0571. The highest BCUT2D eigenvalue weighted by Crippen LogP contribution is 2.39. The molecular formula is C29H42N2O2S. The van der Waals surface area contributed by atoms with Crippen molar-refractivity contribution in [3.63, 3.8) is 0 Å². The summed E-state index contributed by atoms with van der Waals surface area (Å²) >= 11 is 1.78. The molecule has 2 aromatic rings. The van der Waals surface area contributed by atoms with Gasteiger partial charge in [0.05, 0.1) is 6.04 Å². The van der Waals surface area contributed by atoms with Crippen molar-refractivity contribution >= 4 is 23.2 Å². The van der Waals surface area contributed by atoms with Gasteiger partial charge in [-0.05, 0) is 61.2 Å². The van der Waals surface area contributed by atoms with Crippen molar-refractivity contribution in [3.8, 4) is 0 Å². The quantitative estimate of drug-likeness (QED) is 0.308. The van der Waals surface area contributed by atoms with Gasteiger partial charge in [0, 0.05) is 23.9 Å². The molecule has 0 aliphatic carbocycles. The summed E-state index contributed by atoms with van der Waals surface area (Å²) in [4.78, 5) is 32.1. The first kappa shape index (κ1) is 26.5. The Hall–Kier alpha value is -2.14. The van der Waals surface area contributed by atoms with E-state index in [0.717, 1.165) is 25.7 Å². The number of nitrogens with zero attached hydrogens (tertiary/aromatic N) is 2. The van der Waals surface area contributed by atoms with Gasteiger partial charge in [0.2, 0.25) is 11.8 Å². The molecule has 1 aliphatic rings. The molecule has 0 radical (unpaired) electrons. The Balaban J connectivity index is 1.73. The second-order valence-electron chi connectivity index (χ2n) is 9.69. The molecule has 2 atom stereocenters. The van der Waals surface area contributed by atoms with Gasteiger partial charge in [-0.3, -0.25) is 9.59 Å². The van der Waals surface area contributed by atoms with E-state index < -0.39 is 0 Å². The van der Waals surface area contributed by atoms with Gasteiger partial charge < -0.3 is 9.80 Å². The lowest BCUT2D eigenvalue weighted by atomic mass is 9.90. The third-order valence-corrected chi connectivity index (χ3v) is 8.26. The zero-order valence-corrected chi connectivity index (χ0v) is 22.3. The molecule has 2 heterocycles.